The van der Waals surface area contributed by atoms with Gasteiger partial charge in [-0.05, 0) is 30.3 Å². The van der Waals surface area contributed by atoms with Crippen LogP contribution in [-0.4, -0.2) is 16.5 Å². The Morgan fingerprint density at radius 1 is 1.28 bits per heavy atom. The van der Waals surface area contributed by atoms with Gasteiger partial charge in [0.25, 0.3) is 0 Å². The first-order valence-corrected chi connectivity index (χ1v) is 6.62. The fourth-order valence-corrected chi connectivity index (χ4v) is 2.48. The maximum Gasteiger partial charge on any atom is 0.107 e. The van der Waals surface area contributed by atoms with E-state index in [1.165, 1.54) is 0 Å². The van der Waals surface area contributed by atoms with Crippen LogP contribution in [0.5, 0.6) is 0 Å². The molecule has 0 bridgehead atoms. The summed E-state index contributed by atoms with van der Waals surface area (Å²) in [5.41, 5.74) is 1.07. The van der Waals surface area contributed by atoms with Crippen molar-refractivity contribution in [1.29, 1.82) is 0 Å². The molecule has 0 saturated carbocycles. The van der Waals surface area contributed by atoms with Gasteiger partial charge in [-0.2, -0.15) is 0 Å². The molecule has 1 heterocycles. The Labute approximate surface area is 117 Å². The number of benzene rings is 1. The van der Waals surface area contributed by atoms with Crippen LogP contribution in [-0.2, 0) is 6.42 Å². The highest BCUT2D eigenvalue weighted by molar-refractivity contribution is 6.34. The van der Waals surface area contributed by atoms with E-state index in [-0.39, 0.29) is 6.04 Å². The van der Waals surface area contributed by atoms with E-state index >= 15 is 0 Å². The van der Waals surface area contributed by atoms with Crippen LogP contribution in [0.3, 0.4) is 0 Å². The van der Waals surface area contributed by atoms with Crippen molar-refractivity contribution >= 4 is 23.2 Å². The Kier molecular flexibility index (Phi) is 4.64. The summed E-state index contributed by atoms with van der Waals surface area (Å²) in [6.07, 6.45) is 4.35. The minimum absolute atomic E-state index is 0.150. The first kappa shape index (κ1) is 13.4. The van der Waals surface area contributed by atoms with Crippen molar-refractivity contribution in [2.24, 2.45) is 0 Å². The Hall–Kier alpha value is -1.03. The third-order valence-corrected chi connectivity index (χ3v) is 3.13. The minimum atomic E-state index is 0.150. The number of H-pyrrole nitrogens is 1. The van der Waals surface area contributed by atoms with Gasteiger partial charge in [-0.3, -0.25) is 0 Å². The zero-order valence-corrected chi connectivity index (χ0v) is 11.6. The average molecular weight is 284 g/mol. The monoisotopic (exact) mass is 283 g/mol. The number of nitrogens with zero attached hydrogens (tertiary/aromatic N) is 1. The van der Waals surface area contributed by atoms with E-state index in [1.54, 1.807) is 12.3 Å². The number of rotatable bonds is 5. The maximum atomic E-state index is 6.04. The predicted octanol–water partition coefficient (Wildman–Crippen LogP) is 3.61. The van der Waals surface area contributed by atoms with E-state index in [4.69, 9.17) is 23.2 Å². The van der Waals surface area contributed by atoms with Crippen LogP contribution in [0.15, 0.2) is 30.6 Å². The summed E-state index contributed by atoms with van der Waals surface area (Å²) >= 11 is 12.1. The molecule has 2 rings (SSSR count). The van der Waals surface area contributed by atoms with Gasteiger partial charge in [0.2, 0.25) is 0 Å². The number of likely N-dealkylation sites (N-methyl/N-ethyl adjacent to an activating group) is 1. The van der Waals surface area contributed by atoms with Crippen molar-refractivity contribution in [3.63, 3.8) is 0 Å². The molecule has 0 aliphatic carbocycles. The quantitative estimate of drug-likeness (QED) is 0.880. The average Bonchev–Trinajstić information content (AvgIpc) is 2.80. The molecule has 0 fully saturated rings. The van der Waals surface area contributed by atoms with Crippen LogP contribution in [0.25, 0.3) is 0 Å². The molecule has 18 heavy (non-hydrogen) atoms. The first-order valence-electron chi connectivity index (χ1n) is 5.86. The number of aromatic amines is 1. The smallest absolute Gasteiger partial charge is 0.107 e. The van der Waals surface area contributed by atoms with E-state index in [0.717, 1.165) is 24.4 Å². The van der Waals surface area contributed by atoms with Crippen molar-refractivity contribution in [1.82, 2.24) is 15.3 Å². The van der Waals surface area contributed by atoms with Crippen molar-refractivity contribution in [2.75, 3.05) is 6.54 Å². The predicted molar refractivity (Wildman–Crippen MR) is 75.2 cm³/mol. The molecule has 3 nitrogen and oxygen atoms in total. The Bertz CT molecular complexity index is 477. The molecule has 5 heteroatoms. The second kappa shape index (κ2) is 6.23. The highest BCUT2D eigenvalue weighted by atomic mass is 35.5. The minimum Gasteiger partial charge on any atom is -0.349 e. The molecule has 1 unspecified atom stereocenters. The summed E-state index contributed by atoms with van der Waals surface area (Å²) in [6, 6.07) is 5.76. The van der Waals surface area contributed by atoms with Gasteiger partial charge in [-0.1, -0.05) is 30.1 Å². The lowest BCUT2D eigenvalue weighted by molar-refractivity contribution is 0.539. The standard InChI is InChI=1S/C13H15Cl2N3/c1-2-16-12(8-13-17-3-4-18-13)9-5-10(14)7-11(15)6-9/h3-7,12,16H,2,8H2,1H3,(H,17,18). The maximum absolute atomic E-state index is 6.04. The number of aromatic nitrogens is 2. The van der Waals surface area contributed by atoms with Crippen LogP contribution in [0, 0.1) is 0 Å². The van der Waals surface area contributed by atoms with Crippen molar-refractivity contribution in [3.8, 4) is 0 Å². The molecular formula is C13H15Cl2N3. The number of hydrogen-bond donors (Lipinski definition) is 2. The van der Waals surface area contributed by atoms with Crippen LogP contribution in [0.1, 0.15) is 24.4 Å². The normalized spacial score (nSPS) is 12.6. The molecule has 0 saturated heterocycles. The van der Waals surface area contributed by atoms with E-state index in [2.05, 4.69) is 22.2 Å². The van der Waals surface area contributed by atoms with Crippen LogP contribution >= 0.6 is 23.2 Å². The van der Waals surface area contributed by atoms with Gasteiger partial charge in [0.1, 0.15) is 5.82 Å². The lowest BCUT2D eigenvalue weighted by Crippen LogP contribution is -2.23. The second-order valence-corrected chi connectivity index (χ2v) is 4.93. The summed E-state index contributed by atoms with van der Waals surface area (Å²) in [5, 5.41) is 4.72. The molecule has 1 aromatic heterocycles. The van der Waals surface area contributed by atoms with Crippen molar-refractivity contribution in [3.05, 3.63) is 52.0 Å². The molecule has 0 aliphatic rings. The zero-order valence-electron chi connectivity index (χ0n) is 10.1. The molecule has 0 aliphatic heterocycles. The summed E-state index contributed by atoms with van der Waals surface area (Å²) < 4.78 is 0. The van der Waals surface area contributed by atoms with E-state index < -0.39 is 0 Å². The molecule has 0 radical (unpaired) electrons. The third-order valence-electron chi connectivity index (χ3n) is 2.69. The van der Waals surface area contributed by atoms with Crippen LogP contribution in [0.4, 0.5) is 0 Å². The number of nitrogens with one attached hydrogen (secondary N) is 2. The SMILES string of the molecule is CCNC(Cc1ncc[nH]1)c1cc(Cl)cc(Cl)c1. The Morgan fingerprint density at radius 3 is 2.56 bits per heavy atom. The van der Waals surface area contributed by atoms with Gasteiger partial charge in [-0.15, -0.1) is 0 Å². The van der Waals surface area contributed by atoms with Gasteiger partial charge in [-0.25, -0.2) is 4.98 Å². The molecule has 96 valence electrons. The van der Waals surface area contributed by atoms with Crippen LogP contribution < -0.4 is 5.32 Å². The van der Waals surface area contributed by atoms with Gasteiger partial charge in [0.15, 0.2) is 0 Å². The highest BCUT2D eigenvalue weighted by Crippen LogP contribution is 2.25. The lowest BCUT2D eigenvalue weighted by atomic mass is 10.0. The van der Waals surface area contributed by atoms with Crippen molar-refractivity contribution < 1.29 is 0 Å². The molecule has 2 N–H and O–H groups in total. The molecule has 0 spiro atoms. The van der Waals surface area contributed by atoms with Crippen LogP contribution in [0.2, 0.25) is 10.0 Å². The second-order valence-electron chi connectivity index (χ2n) is 4.05. The van der Waals surface area contributed by atoms with E-state index in [9.17, 15) is 0 Å². The van der Waals surface area contributed by atoms with E-state index in [1.807, 2.05) is 18.3 Å². The van der Waals surface area contributed by atoms with Crippen molar-refractivity contribution in [2.45, 2.75) is 19.4 Å². The molecule has 2 aromatic rings. The summed E-state index contributed by atoms with van der Waals surface area (Å²) in [4.78, 5) is 7.36. The number of halogens is 2. The molecule has 1 atom stereocenters. The van der Waals surface area contributed by atoms with Gasteiger partial charge in [0, 0.05) is 34.9 Å². The Morgan fingerprint density at radius 2 is 2.00 bits per heavy atom. The largest absolute Gasteiger partial charge is 0.349 e. The molecule has 0 amide bonds. The topological polar surface area (TPSA) is 40.7 Å². The van der Waals surface area contributed by atoms with Gasteiger partial charge in [0.05, 0.1) is 0 Å². The number of imidazole rings is 1. The summed E-state index contributed by atoms with van der Waals surface area (Å²) in [6.45, 7) is 2.94. The lowest BCUT2D eigenvalue weighted by Gasteiger charge is -2.18. The fraction of sp³-hybridized carbons (Fsp3) is 0.308. The third kappa shape index (κ3) is 3.48. The van der Waals surface area contributed by atoms with Gasteiger partial charge >= 0.3 is 0 Å². The molecule has 1 aromatic carbocycles. The van der Waals surface area contributed by atoms with Gasteiger partial charge < -0.3 is 10.3 Å². The fourth-order valence-electron chi connectivity index (χ4n) is 1.93. The Balaban J connectivity index is 2.23. The zero-order chi connectivity index (χ0) is 13.0. The summed E-state index contributed by atoms with van der Waals surface area (Å²) in [5.74, 6) is 0.942. The summed E-state index contributed by atoms with van der Waals surface area (Å²) in [7, 11) is 0. The highest BCUT2D eigenvalue weighted by Gasteiger charge is 2.13. The number of hydrogen-bond acceptors (Lipinski definition) is 2. The molecular weight excluding hydrogens is 269 g/mol. The first-order chi connectivity index (χ1) is 8.69. The van der Waals surface area contributed by atoms with E-state index in [0.29, 0.717) is 10.0 Å².